The first kappa shape index (κ1) is 15.9. The Bertz CT molecular complexity index is 665. The minimum absolute atomic E-state index is 0.107. The van der Waals surface area contributed by atoms with Crippen LogP contribution in [0.4, 0.5) is 4.39 Å². The number of nitrogens with zero attached hydrogens (tertiary/aromatic N) is 1. The first-order valence-electron chi connectivity index (χ1n) is 6.34. The van der Waals surface area contributed by atoms with Crippen LogP contribution in [0.2, 0.25) is 0 Å². The summed E-state index contributed by atoms with van der Waals surface area (Å²) in [5.41, 5.74) is 0.413. The predicted octanol–water partition coefficient (Wildman–Crippen LogP) is 0.651. The molecular weight excluding hydrogens is 301 g/mol. The van der Waals surface area contributed by atoms with E-state index in [0.29, 0.717) is 0 Å². The van der Waals surface area contributed by atoms with E-state index in [4.69, 9.17) is 5.11 Å². The van der Waals surface area contributed by atoms with Gasteiger partial charge < -0.3 is 10.2 Å². The lowest BCUT2D eigenvalue weighted by Crippen LogP contribution is -2.41. The number of aliphatic hydroxyl groups excluding tert-OH is 1. The minimum atomic E-state index is -4.12. The highest BCUT2D eigenvalue weighted by atomic mass is 32.2. The number of benzene rings is 1. The first-order valence-corrected chi connectivity index (χ1v) is 7.78. The van der Waals surface area contributed by atoms with Gasteiger partial charge in [-0.1, -0.05) is 0 Å². The highest BCUT2D eigenvalue weighted by Gasteiger charge is 2.44. The Kier molecular flexibility index (Phi) is 4.05. The van der Waals surface area contributed by atoms with Crippen molar-refractivity contribution in [2.24, 2.45) is 0 Å². The van der Waals surface area contributed by atoms with E-state index in [0.717, 1.165) is 16.4 Å². The second-order valence-corrected chi connectivity index (χ2v) is 7.01. The van der Waals surface area contributed by atoms with Crippen molar-refractivity contribution in [2.75, 3.05) is 6.54 Å². The van der Waals surface area contributed by atoms with Crippen LogP contribution in [0.5, 0.6) is 0 Å². The maximum atomic E-state index is 13.3. The first-order chi connectivity index (χ1) is 9.64. The average Bonchev–Trinajstić information content (AvgIpc) is 2.70. The average molecular weight is 317 g/mol. The number of halogens is 1. The molecule has 0 saturated carbocycles. The fraction of sp³-hybridized carbons (Fsp3) is 0.462. The molecule has 2 N–H and O–H groups in total. The van der Waals surface area contributed by atoms with Gasteiger partial charge >= 0.3 is 5.97 Å². The number of aliphatic carboxylic acids is 1. The van der Waals surface area contributed by atoms with Crippen LogP contribution < -0.4 is 0 Å². The van der Waals surface area contributed by atoms with Gasteiger partial charge in [0.15, 0.2) is 0 Å². The van der Waals surface area contributed by atoms with Gasteiger partial charge in [0.05, 0.1) is 11.0 Å². The summed E-state index contributed by atoms with van der Waals surface area (Å²) in [4.78, 5) is 11.1. The Morgan fingerprint density at radius 3 is 2.33 bits per heavy atom. The number of hydrogen-bond acceptors (Lipinski definition) is 4. The van der Waals surface area contributed by atoms with Crippen LogP contribution in [-0.4, -0.2) is 47.6 Å². The van der Waals surface area contributed by atoms with Crippen LogP contribution in [0, 0.1) is 19.7 Å². The third-order valence-electron chi connectivity index (χ3n) is 3.51. The van der Waals surface area contributed by atoms with Gasteiger partial charge in [-0.2, -0.15) is 4.31 Å². The molecule has 1 heterocycles. The lowest BCUT2D eigenvalue weighted by molar-refractivity contribution is -0.140. The maximum Gasteiger partial charge on any atom is 0.322 e. The third-order valence-corrected chi connectivity index (χ3v) is 5.69. The van der Waals surface area contributed by atoms with Gasteiger partial charge in [0, 0.05) is 13.0 Å². The number of carboxylic acids is 1. The number of rotatable bonds is 3. The van der Waals surface area contributed by atoms with Crippen LogP contribution in [0.25, 0.3) is 0 Å². The topological polar surface area (TPSA) is 94.9 Å². The van der Waals surface area contributed by atoms with Crippen LogP contribution in [0.1, 0.15) is 17.5 Å². The van der Waals surface area contributed by atoms with E-state index in [9.17, 15) is 22.7 Å². The van der Waals surface area contributed by atoms with Gasteiger partial charge in [0.1, 0.15) is 11.9 Å². The molecule has 0 aliphatic carbocycles. The van der Waals surface area contributed by atoms with Crippen LogP contribution in [0.3, 0.4) is 0 Å². The Labute approximate surface area is 121 Å². The van der Waals surface area contributed by atoms with E-state index in [2.05, 4.69) is 0 Å². The molecule has 1 saturated heterocycles. The van der Waals surface area contributed by atoms with E-state index >= 15 is 0 Å². The molecule has 1 fully saturated rings. The summed E-state index contributed by atoms with van der Waals surface area (Å²) in [6, 6.07) is 0.860. The molecule has 0 spiro atoms. The Hall–Kier alpha value is -1.51. The van der Waals surface area contributed by atoms with E-state index < -0.39 is 34.0 Å². The molecule has 0 radical (unpaired) electrons. The zero-order chi connectivity index (χ0) is 15.9. The summed E-state index contributed by atoms with van der Waals surface area (Å²) < 4.78 is 39.4. The van der Waals surface area contributed by atoms with Crippen molar-refractivity contribution in [3.05, 3.63) is 29.1 Å². The summed E-state index contributed by atoms with van der Waals surface area (Å²) in [7, 11) is -4.12. The molecule has 1 aromatic rings. The molecule has 6 nitrogen and oxygen atoms in total. The van der Waals surface area contributed by atoms with Crippen molar-refractivity contribution in [2.45, 2.75) is 37.3 Å². The highest BCUT2D eigenvalue weighted by Crippen LogP contribution is 2.30. The van der Waals surface area contributed by atoms with Crippen LogP contribution >= 0.6 is 0 Å². The molecule has 2 rings (SSSR count). The second-order valence-electron chi connectivity index (χ2n) is 5.19. The summed E-state index contributed by atoms with van der Waals surface area (Å²) in [6.07, 6.45) is -1.18. The quantitative estimate of drug-likeness (QED) is 0.853. The molecule has 116 valence electrons. The van der Waals surface area contributed by atoms with Gasteiger partial charge in [-0.25, -0.2) is 12.8 Å². The SMILES string of the molecule is Cc1cc(F)cc(C)c1S(=O)(=O)N1CC(O)CC1C(=O)O. The molecule has 0 amide bonds. The van der Waals surface area contributed by atoms with Gasteiger partial charge in [-0.3, -0.25) is 4.79 Å². The van der Waals surface area contributed by atoms with Crippen molar-refractivity contribution in [1.82, 2.24) is 4.31 Å². The van der Waals surface area contributed by atoms with Crippen molar-refractivity contribution >= 4 is 16.0 Å². The molecule has 2 unspecified atom stereocenters. The van der Waals surface area contributed by atoms with Crippen molar-refractivity contribution in [3.8, 4) is 0 Å². The molecule has 1 aliphatic rings. The number of sulfonamides is 1. The molecular formula is C13H16FNO5S. The molecule has 21 heavy (non-hydrogen) atoms. The normalized spacial score (nSPS) is 23.4. The highest BCUT2D eigenvalue weighted by molar-refractivity contribution is 7.89. The lowest BCUT2D eigenvalue weighted by Gasteiger charge is -2.23. The Morgan fingerprint density at radius 2 is 1.86 bits per heavy atom. The summed E-state index contributed by atoms with van der Waals surface area (Å²) in [5, 5.41) is 18.7. The lowest BCUT2D eigenvalue weighted by atomic mass is 10.1. The molecule has 8 heteroatoms. The molecule has 0 bridgehead atoms. The van der Waals surface area contributed by atoms with E-state index in [1.165, 1.54) is 13.8 Å². The fourth-order valence-corrected chi connectivity index (χ4v) is 4.74. The number of aliphatic hydroxyl groups is 1. The number of hydrogen-bond donors (Lipinski definition) is 2. The van der Waals surface area contributed by atoms with Crippen molar-refractivity contribution in [3.63, 3.8) is 0 Å². The summed E-state index contributed by atoms with van der Waals surface area (Å²) >= 11 is 0. The van der Waals surface area contributed by atoms with E-state index in [1.54, 1.807) is 0 Å². The van der Waals surface area contributed by atoms with E-state index in [1.807, 2.05) is 0 Å². The van der Waals surface area contributed by atoms with Gasteiger partial charge in [-0.15, -0.1) is 0 Å². The van der Waals surface area contributed by atoms with Crippen molar-refractivity contribution in [1.29, 1.82) is 0 Å². The second kappa shape index (κ2) is 5.36. The number of carboxylic acid groups (broad SMARTS) is 1. The standard InChI is InChI=1S/C13H16FNO5S/c1-7-3-9(14)4-8(2)12(7)21(19,20)15-6-10(16)5-11(15)13(17)18/h3-4,10-11,16H,5-6H2,1-2H3,(H,17,18). The number of carbonyl (C=O) groups is 1. The number of aryl methyl sites for hydroxylation is 2. The van der Waals surface area contributed by atoms with E-state index in [-0.39, 0.29) is 29.0 Å². The van der Waals surface area contributed by atoms with Gasteiger partial charge in [0.25, 0.3) is 0 Å². The zero-order valence-electron chi connectivity index (χ0n) is 11.6. The molecule has 0 aromatic heterocycles. The van der Waals surface area contributed by atoms with Gasteiger partial charge in [-0.05, 0) is 37.1 Å². The minimum Gasteiger partial charge on any atom is -0.480 e. The van der Waals surface area contributed by atoms with Crippen molar-refractivity contribution < 1.29 is 27.8 Å². The summed E-state index contributed by atoms with van der Waals surface area (Å²) in [6.45, 7) is 2.62. The van der Waals surface area contributed by atoms with Crippen LogP contribution in [0.15, 0.2) is 17.0 Å². The maximum absolute atomic E-state index is 13.3. The predicted molar refractivity (Wildman–Crippen MR) is 71.8 cm³/mol. The fourth-order valence-electron chi connectivity index (χ4n) is 2.70. The number of β-amino-alcohol motifs (C(OH)–C–C–N with tert-alkyl or cyclic N) is 1. The summed E-state index contributed by atoms with van der Waals surface area (Å²) in [5.74, 6) is -1.87. The van der Waals surface area contributed by atoms with Crippen LogP contribution in [-0.2, 0) is 14.8 Å². The Morgan fingerprint density at radius 1 is 1.33 bits per heavy atom. The smallest absolute Gasteiger partial charge is 0.322 e. The largest absolute Gasteiger partial charge is 0.480 e. The monoisotopic (exact) mass is 317 g/mol. The molecule has 1 aliphatic heterocycles. The zero-order valence-corrected chi connectivity index (χ0v) is 12.4. The van der Waals surface area contributed by atoms with Gasteiger partial charge in [0.2, 0.25) is 10.0 Å². The third kappa shape index (κ3) is 2.78. The molecule has 1 aromatic carbocycles. The Balaban J connectivity index is 2.55. The molecule has 2 atom stereocenters.